The number of Topliss-reactive ketones (excluding diaryl/α,β-unsaturated/α-hetero) is 1. The summed E-state index contributed by atoms with van der Waals surface area (Å²) in [7, 11) is 0. The number of rotatable bonds is 6. The summed E-state index contributed by atoms with van der Waals surface area (Å²) in [4.78, 5) is 27.8. The average molecular weight is 506 g/mol. The minimum atomic E-state index is -0.752. The molecule has 1 N–H and O–H groups in total. The molecule has 33 heavy (non-hydrogen) atoms. The quantitative estimate of drug-likeness (QED) is 0.249. The molecule has 0 aromatic heterocycles. The van der Waals surface area contributed by atoms with Crippen molar-refractivity contribution in [2.24, 2.45) is 5.92 Å². The molecule has 6 heteroatoms. The number of anilines is 1. The second kappa shape index (κ2) is 9.63. The van der Waals surface area contributed by atoms with Crippen LogP contribution < -0.4 is 9.64 Å². The first kappa shape index (κ1) is 22.8. The Morgan fingerprint density at radius 3 is 2.33 bits per heavy atom. The summed E-state index contributed by atoms with van der Waals surface area (Å²) >= 11 is 3.43. The zero-order chi connectivity index (χ0) is 23.5. The van der Waals surface area contributed by atoms with E-state index in [-0.39, 0.29) is 11.3 Å². The summed E-state index contributed by atoms with van der Waals surface area (Å²) in [6.07, 6.45) is 0. The fourth-order valence-electron chi connectivity index (χ4n) is 3.80. The van der Waals surface area contributed by atoms with Gasteiger partial charge in [-0.2, -0.15) is 0 Å². The molecule has 168 valence electrons. The largest absolute Gasteiger partial charge is 0.507 e. The topological polar surface area (TPSA) is 66.8 Å². The van der Waals surface area contributed by atoms with Crippen LogP contribution in [0.5, 0.6) is 5.75 Å². The molecule has 1 saturated heterocycles. The molecule has 0 spiro atoms. The molecule has 0 aliphatic carbocycles. The number of amides is 1. The fourth-order valence-corrected chi connectivity index (χ4v) is 4.19. The van der Waals surface area contributed by atoms with Crippen LogP contribution >= 0.6 is 15.9 Å². The minimum absolute atomic E-state index is 0.0574. The first-order valence-electron chi connectivity index (χ1n) is 10.7. The van der Waals surface area contributed by atoms with Crippen LogP contribution in [-0.4, -0.2) is 23.4 Å². The number of hydrogen-bond donors (Lipinski definition) is 1. The Kier molecular flexibility index (Phi) is 6.65. The van der Waals surface area contributed by atoms with Crippen molar-refractivity contribution in [1.29, 1.82) is 0 Å². The van der Waals surface area contributed by atoms with E-state index >= 15 is 0 Å². The van der Waals surface area contributed by atoms with Crippen molar-refractivity contribution in [3.05, 3.63) is 100 Å². The number of hydrogen-bond acceptors (Lipinski definition) is 4. The van der Waals surface area contributed by atoms with Crippen LogP contribution in [-0.2, 0) is 9.59 Å². The number of carbonyl (C=O) groups excluding carboxylic acids is 2. The second-order valence-corrected chi connectivity index (χ2v) is 9.20. The summed E-state index contributed by atoms with van der Waals surface area (Å²) in [5.41, 5.74) is 1.80. The van der Waals surface area contributed by atoms with Crippen LogP contribution in [0, 0.1) is 5.92 Å². The Morgan fingerprint density at radius 2 is 1.70 bits per heavy atom. The monoisotopic (exact) mass is 505 g/mol. The van der Waals surface area contributed by atoms with E-state index in [9.17, 15) is 14.7 Å². The normalized spacial score (nSPS) is 17.6. The predicted octanol–water partition coefficient (Wildman–Crippen LogP) is 6.11. The molecule has 5 nitrogen and oxygen atoms in total. The van der Waals surface area contributed by atoms with Crippen LogP contribution in [0.15, 0.2) is 88.9 Å². The number of ketones is 1. The van der Waals surface area contributed by atoms with Crippen LogP contribution in [0.3, 0.4) is 0 Å². The average Bonchev–Trinajstić information content (AvgIpc) is 3.08. The molecule has 0 bridgehead atoms. The smallest absolute Gasteiger partial charge is 0.300 e. The van der Waals surface area contributed by atoms with Gasteiger partial charge in [0, 0.05) is 15.7 Å². The Balaban J connectivity index is 1.80. The molecule has 1 aliphatic rings. The first-order valence-corrected chi connectivity index (χ1v) is 11.5. The van der Waals surface area contributed by atoms with Gasteiger partial charge in [-0.3, -0.25) is 14.5 Å². The number of nitrogens with zero attached hydrogens (tertiary/aromatic N) is 1. The molecular weight excluding hydrogens is 482 g/mol. The molecular formula is C27H24BrNO4. The van der Waals surface area contributed by atoms with Crippen molar-refractivity contribution < 1.29 is 19.4 Å². The Bertz CT molecular complexity index is 1200. The van der Waals surface area contributed by atoms with Crippen molar-refractivity contribution in [3.63, 3.8) is 0 Å². The van der Waals surface area contributed by atoms with Gasteiger partial charge in [-0.1, -0.05) is 66.2 Å². The molecule has 3 aromatic rings. The van der Waals surface area contributed by atoms with Gasteiger partial charge < -0.3 is 9.84 Å². The maximum atomic E-state index is 13.2. The van der Waals surface area contributed by atoms with Gasteiger partial charge in [0.2, 0.25) is 0 Å². The van der Waals surface area contributed by atoms with E-state index < -0.39 is 17.7 Å². The van der Waals surface area contributed by atoms with Gasteiger partial charge >= 0.3 is 0 Å². The zero-order valence-corrected chi connectivity index (χ0v) is 20.0. The highest BCUT2D eigenvalue weighted by Crippen LogP contribution is 2.42. The summed E-state index contributed by atoms with van der Waals surface area (Å²) in [5, 5.41) is 11.2. The van der Waals surface area contributed by atoms with E-state index in [1.54, 1.807) is 42.5 Å². The number of carbonyl (C=O) groups is 2. The van der Waals surface area contributed by atoms with Gasteiger partial charge in [-0.25, -0.2) is 0 Å². The van der Waals surface area contributed by atoms with E-state index in [1.807, 2.05) is 36.4 Å². The number of benzene rings is 3. The lowest BCUT2D eigenvalue weighted by molar-refractivity contribution is -0.132. The molecule has 1 unspecified atom stereocenters. The second-order valence-electron chi connectivity index (χ2n) is 8.29. The standard InChI is InChI=1S/C27H24BrNO4/c1-17(2)16-33-22-13-11-19(12-14-22)25(30)23-24(18-7-4-3-5-8-18)29(27(32)26(23)31)21-10-6-9-20(28)15-21/h3-15,17,24,30H,16H2,1-2H3/b25-23+. The third-order valence-corrected chi connectivity index (χ3v) is 5.85. The Labute approximate surface area is 201 Å². The zero-order valence-electron chi connectivity index (χ0n) is 18.4. The summed E-state index contributed by atoms with van der Waals surface area (Å²) < 4.78 is 6.49. The Hall–Kier alpha value is -3.38. The lowest BCUT2D eigenvalue weighted by Crippen LogP contribution is -2.29. The number of aliphatic hydroxyl groups excluding tert-OH is 1. The molecule has 1 aliphatic heterocycles. The third kappa shape index (κ3) is 4.71. The first-order chi connectivity index (χ1) is 15.9. The van der Waals surface area contributed by atoms with E-state index in [0.717, 1.165) is 10.0 Å². The van der Waals surface area contributed by atoms with Gasteiger partial charge in [0.25, 0.3) is 11.7 Å². The highest BCUT2D eigenvalue weighted by molar-refractivity contribution is 9.10. The summed E-state index contributed by atoms with van der Waals surface area (Å²) in [5.74, 6) is -0.552. The molecule has 0 radical (unpaired) electrons. The molecule has 1 amide bonds. The van der Waals surface area contributed by atoms with Gasteiger partial charge in [0.15, 0.2) is 0 Å². The molecule has 1 atom stereocenters. The van der Waals surface area contributed by atoms with Crippen LogP contribution in [0.1, 0.15) is 31.0 Å². The summed E-state index contributed by atoms with van der Waals surface area (Å²) in [6.45, 7) is 4.71. The van der Waals surface area contributed by atoms with E-state index in [0.29, 0.717) is 29.5 Å². The molecule has 1 fully saturated rings. The van der Waals surface area contributed by atoms with Gasteiger partial charge in [0.1, 0.15) is 11.5 Å². The van der Waals surface area contributed by atoms with Crippen molar-refractivity contribution in [2.45, 2.75) is 19.9 Å². The molecule has 1 heterocycles. The van der Waals surface area contributed by atoms with Gasteiger partial charge in [-0.15, -0.1) is 0 Å². The highest BCUT2D eigenvalue weighted by atomic mass is 79.9. The number of halogens is 1. The van der Waals surface area contributed by atoms with Gasteiger partial charge in [-0.05, 0) is 53.9 Å². The van der Waals surface area contributed by atoms with Gasteiger partial charge in [0.05, 0.1) is 18.2 Å². The summed E-state index contributed by atoms with van der Waals surface area (Å²) in [6, 6.07) is 22.6. The van der Waals surface area contributed by atoms with Crippen molar-refractivity contribution in [2.75, 3.05) is 11.5 Å². The highest BCUT2D eigenvalue weighted by Gasteiger charge is 2.46. The van der Waals surface area contributed by atoms with E-state index in [4.69, 9.17) is 4.74 Å². The fraction of sp³-hybridized carbons (Fsp3) is 0.185. The van der Waals surface area contributed by atoms with Crippen molar-refractivity contribution in [1.82, 2.24) is 0 Å². The van der Waals surface area contributed by atoms with E-state index in [1.165, 1.54) is 4.90 Å². The maximum absolute atomic E-state index is 13.2. The maximum Gasteiger partial charge on any atom is 0.300 e. The van der Waals surface area contributed by atoms with Crippen molar-refractivity contribution >= 4 is 39.1 Å². The van der Waals surface area contributed by atoms with E-state index in [2.05, 4.69) is 29.8 Å². The van der Waals surface area contributed by atoms with Crippen LogP contribution in [0.4, 0.5) is 5.69 Å². The minimum Gasteiger partial charge on any atom is -0.507 e. The lowest BCUT2D eigenvalue weighted by atomic mass is 9.95. The Morgan fingerprint density at radius 1 is 1.00 bits per heavy atom. The van der Waals surface area contributed by atoms with Crippen LogP contribution in [0.2, 0.25) is 0 Å². The predicted molar refractivity (Wildman–Crippen MR) is 132 cm³/mol. The lowest BCUT2D eigenvalue weighted by Gasteiger charge is -2.25. The third-order valence-electron chi connectivity index (χ3n) is 5.36. The SMILES string of the molecule is CC(C)COc1ccc(/C(O)=C2\C(=O)C(=O)N(c3cccc(Br)c3)C2c2ccccc2)cc1. The molecule has 3 aromatic carbocycles. The van der Waals surface area contributed by atoms with Crippen LogP contribution in [0.25, 0.3) is 5.76 Å². The number of aliphatic hydroxyl groups is 1. The van der Waals surface area contributed by atoms with Crippen molar-refractivity contribution in [3.8, 4) is 5.75 Å². The number of ether oxygens (including phenoxy) is 1. The molecule has 0 saturated carbocycles. The molecule has 4 rings (SSSR count).